The van der Waals surface area contributed by atoms with Gasteiger partial charge < -0.3 is 24.5 Å². The lowest BCUT2D eigenvalue weighted by Crippen LogP contribution is -2.45. The summed E-state index contributed by atoms with van der Waals surface area (Å²) in [4.78, 5) is 29.1. The van der Waals surface area contributed by atoms with E-state index in [0.29, 0.717) is 32.0 Å². The number of rotatable bonds is 4. The van der Waals surface area contributed by atoms with Crippen LogP contribution in [-0.4, -0.2) is 65.7 Å². The number of hydrogen-bond donors (Lipinski definition) is 2. The second kappa shape index (κ2) is 7.22. The van der Waals surface area contributed by atoms with E-state index in [9.17, 15) is 19.6 Å². The predicted molar refractivity (Wildman–Crippen MR) is 90.6 cm³/mol. The maximum atomic E-state index is 12.7. The molecule has 0 amide bonds. The Hall–Kier alpha value is -2.43. The third kappa shape index (κ3) is 3.36. The van der Waals surface area contributed by atoms with Crippen molar-refractivity contribution in [1.82, 2.24) is 9.66 Å². The quantitative estimate of drug-likeness (QED) is 0.493. The molecule has 10 heteroatoms. The van der Waals surface area contributed by atoms with Crippen LogP contribution in [0.15, 0.2) is 23.3 Å². The zero-order valence-corrected chi connectivity index (χ0v) is 13.7. The Balaban J connectivity index is 2.23. The van der Waals surface area contributed by atoms with Crippen molar-refractivity contribution in [2.24, 2.45) is 0 Å². The van der Waals surface area contributed by atoms with Crippen molar-refractivity contribution >= 4 is 29.6 Å². The average Bonchev–Trinajstić information content (AvgIpc) is 2.62. The Morgan fingerprint density at radius 1 is 1.40 bits per heavy atom. The molecule has 3 heterocycles. The number of nitrogens with zero attached hydrogens (tertiary/aromatic N) is 3. The highest BCUT2D eigenvalue weighted by molar-refractivity contribution is 6.58. The number of carbonyl (C=O) groups excluding carboxylic acids is 1. The molecule has 1 aliphatic rings. The van der Waals surface area contributed by atoms with Crippen LogP contribution >= 0.6 is 0 Å². The number of morpholine rings is 1. The van der Waals surface area contributed by atoms with Crippen LogP contribution in [-0.2, 0) is 9.47 Å². The van der Waals surface area contributed by atoms with Crippen LogP contribution in [0.3, 0.4) is 0 Å². The summed E-state index contributed by atoms with van der Waals surface area (Å²) in [5.74, 6) is -0.730. The zero-order chi connectivity index (χ0) is 18.0. The van der Waals surface area contributed by atoms with Crippen LogP contribution < -0.4 is 15.9 Å². The first kappa shape index (κ1) is 17.4. The van der Waals surface area contributed by atoms with E-state index in [1.165, 1.54) is 18.5 Å². The van der Waals surface area contributed by atoms with Gasteiger partial charge in [-0.1, -0.05) is 0 Å². The Morgan fingerprint density at radius 2 is 2.12 bits per heavy atom. The number of pyridine rings is 2. The van der Waals surface area contributed by atoms with Crippen molar-refractivity contribution < 1.29 is 24.3 Å². The summed E-state index contributed by atoms with van der Waals surface area (Å²) in [7, 11) is -1.76. The molecule has 0 unspecified atom stereocenters. The van der Waals surface area contributed by atoms with E-state index < -0.39 is 18.5 Å². The van der Waals surface area contributed by atoms with Crippen LogP contribution in [0, 0.1) is 0 Å². The van der Waals surface area contributed by atoms with Gasteiger partial charge in [-0.15, -0.1) is 0 Å². The molecular formula is C15H18BN3O6. The third-order valence-electron chi connectivity index (χ3n) is 3.93. The van der Waals surface area contributed by atoms with Crippen molar-refractivity contribution in [2.45, 2.75) is 6.92 Å². The molecule has 0 radical (unpaired) electrons. The largest absolute Gasteiger partial charge is 0.490 e. The molecule has 9 nitrogen and oxygen atoms in total. The van der Waals surface area contributed by atoms with Gasteiger partial charge in [0.2, 0.25) is 5.43 Å². The van der Waals surface area contributed by atoms with Crippen LogP contribution in [0.2, 0.25) is 0 Å². The predicted octanol–water partition coefficient (Wildman–Crippen LogP) is -1.78. The number of carbonyl (C=O) groups is 1. The van der Waals surface area contributed by atoms with Crippen LogP contribution in [0.5, 0.6) is 0 Å². The fourth-order valence-electron chi connectivity index (χ4n) is 2.69. The van der Waals surface area contributed by atoms with Gasteiger partial charge >= 0.3 is 13.1 Å². The summed E-state index contributed by atoms with van der Waals surface area (Å²) in [5, 5.41) is 20.7. The molecule has 1 saturated heterocycles. The lowest BCUT2D eigenvalue weighted by molar-refractivity contribution is 0.0524. The van der Waals surface area contributed by atoms with Crippen LogP contribution in [0.4, 0.5) is 0 Å². The first-order chi connectivity index (χ1) is 12.0. The van der Waals surface area contributed by atoms with E-state index >= 15 is 0 Å². The molecule has 1 aliphatic heterocycles. The first-order valence-electron chi connectivity index (χ1n) is 7.94. The minimum Gasteiger partial charge on any atom is -0.462 e. The number of esters is 1. The highest BCUT2D eigenvalue weighted by Crippen LogP contribution is 2.11. The summed E-state index contributed by atoms with van der Waals surface area (Å²) < 4.78 is 11.9. The Morgan fingerprint density at radius 3 is 2.76 bits per heavy atom. The summed E-state index contributed by atoms with van der Waals surface area (Å²) in [6, 6.07) is 1.33. The standard InChI is InChI=1S/C15H18BN3O6/c1-2-25-15(21)12-9-19(18-3-5-24-6-4-18)14-11(13(12)20)7-10(8-17-14)16(22)23/h7-9,22-23H,2-6H2,1H3. The van der Waals surface area contributed by atoms with E-state index in [1.54, 1.807) is 11.6 Å². The molecule has 0 spiro atoms. The summed E-state index contributed by atoms with van der Waals surface area (Å²) >= 11 is 0. The van der Waals surface area contributed by atoms with Gasteiger partial charge in [0.15, 0.2) is 5.65 Å². The van der Waals surface area contributed by atoms with Gasteiger partial charge in [0.05, 0.1) is 38.3 Å². The third-order valence-corrected chi connectivity index (χ3v) is 3.93. The summed E-state index contributed by atoms with van der Waals surface area (Å²) in [6.45, 7) is 3.94. The minimum atomic E-state index is -1.76. The monoisotopic (exact) mass is 347 g/mol. The smallest absolute Gasteiger partial charge is 0.462 e. The van der Waals surface area contributed by atoms with Crippen molar-refractivity contribution in [2.75, 3.05) is 37.9 Å². The highest BCUT2D eigenvalue weighted by atomic mass is 16.5. The Kier molecular flexibility index (Phi) is 5.02. The highest BCUT2D eigenvalue weighted by Gasteiger charge is 2.22. The second-order valence-electron chi connectivity index (χ2n) is 5.52. The zero-order valence-electron chi connectivity index (χ0n) is 13.7. The van der Waals surface area contributed by atoms with E-state index in [-0.39, 0.29) is 23.0 Å². The molecule has 25 heavy (non-hydrogen) atoms. The maximum Gasteiger partial charge on any atom is 0.490 e. The minimum absolute atomic E-state index is 0.0686. The molecule has 3 rings (SSSR count). The van der Waals surface area contributed by atoms with Gasteiger partial charge in [0, 0.05) is 17.9 Å². The molecule has 0 saturated carbocycles. The maximum absolute atomic E-state index is 12.7. The van der Waals surface area contributed by atoms with Gasteiger partial charge in [0.25, 0.3) is 0 Å². The number of ether oxygens (including phenoxy) is 2. The van der Waals surface area contributed by atoms with E-state index in [0.717, 1.165) is 0 Å². The number of hydrogen-bond acceptors (Lipinski definition) is 8. The average molecular weight is 347 g/mol. The molecule has 0 aromatic carbocycles. The molecule has 0 aliphatic carbocycles. The fraction of sp³-hybridized carbons (Fsp3) is 0.400. The Bertz CT molecular complexity index is 847. The normalized spacial score (nSPS) is 14.6. The van der Waals surface area contributed by atoms with Gasteiger partial charge in [-0.2, -0.15) is 0 Å². The SMILES string of the molecule is CCOC(=O)c1cn(N2CCOCC2)c2ncc(B(O)O)cc2c1=O. The van der Waals surface area contributed by atoms with Crippen molar-refractivity contribution in [3.05, 3.63) is 34.2 Å². The Labute approximate surface area is 143 Å². The molecule has 2 aromatic heterocycles. The topological polar surface area (TPSA) is 114 Å². The molecule has 132 valence electrons. The molecule has 0 atom stereocenters. The van der Waals surface area contributed by atoms with Gasteiger partial charge in [-0.05, 0) is 13.0 Å². The van der Waals surface area contributed by atoms with Crippen molar-refractivity contribution in [3.8, 4) is 0 Å². The summed E-state index contributed by atoms with van der Waals surface area (Å²) in [5.41, 5.74) is -0.302. The molecule has 0 bridgehead atoms. The van der Waals surface area contributed by atoms with Crippen molar-refractivity contribution in [3.63, 3.8) is 0 Å². The van der Waals surface area contributed by atoms with E-state index in [2.05, 4.69) is 4.98 Å². The van der Waals surface area contributed by atoms with Crippen LogP contribution in [0.1, 0.15) is 17.3 Å². The first-order valence-corrected chi connectivity index (χ1v) is 7.94. The fourth-order valence-corrected chi connectivity index (χ4v) is 2.69. The van der Waals surface area contributed by atoms with Gasteiger partial charge in [-0.3, -0.25) is 4.79 Å². The van der Waals surface area contributed by atoms with E-state index in [1.807, 2.05) is 5.01 Å². The lowest BCUT2D eigenvalue weighted by Gasteiger charge is -2.31. The number of fused-ring (bicyclic) bond motifs is 1. The molecule has 1 fully saturated rings. The van der Waals surface area contributed by atoms with Crippen LogP contribution in [0.25, 0.3) is 11.0 Å². The number of aromatic nitrogens is 2. The summed E-state index contributed by atoms with van der Waals surface area (Å²) in [6.07, 6.45) is 2.70. The molecular weight excluding hydrogens is 329 g/mol. The van der Waals surface area contributed by atoms with E-state index in [4.69, 9.17) is 9.47 Å². The lowest BCUT2D eigenvalue weighted by atomic mass is 9.81. The van der Waals surface area contributed by atoms with Gasteiger partial charge in [-0.25, -0.2) is 14.5 Å². The molecule has 2 aromatic rings. The van der Waals surface area contributed by atoms with Crippen molar-refractivity contribution in [1.29, 1.82) is 0 Å². The van der Waals surface area contributed by atoms with Gasteiger partial charge in [0.1, 0.15) is 5.56 Å². The molecule has 2 N–H and O–H groups in total. The second-order valence-corrected chi connectivity index (χ2v) is 5.52.